The van der Waals surface area contributed by atoms with E-state index in [-0.39, 0.29) is 17.4 Å². The van der Waals surface area contributed by atoms with Gasteiger partial charge in [-0.15, -0.1) is 0 Å². The third-order valence-corrected chi connectivity index (χ3v) is 4.12. The van der Waals surface area contributed by atoms with Crippen molar-refractivity contribution in [1.82, 2.24) is 4.57 Å². The van der Waals surface area contributed by atoms with Crippen molar-refractivity contribution in [3.05, 3.63) is 40.5 Å². The maximum Gasteiger partial charge on any atom is 0.417 e. The molecule has 0 unspecified atom stereocenters. The van der Waals surface area contributed by atoms with E-state index in [1.54, 1.807) is 0 Å². The Labute approximate surface area is 130 Å². The Morgan fingerprint density at radius 2 is 1.61 bits per heavy atom. The molecule has 23 heavy (non-hydrogen) atoms. The van der Waals surface area contributed by atoms with Gasteiger partial charge in [-0.1, -0.05) is 0 Å². The lowest BCUT2D eigenvalue weighted by molar-refractivity contribution is -0.137. The molecular weight excluding hydrogens is 309 g/mol. The van der Waals surface area contributed by atoms with Crippen LogP contribution < -0.4 is 0 Å². The van der Waals surface area contributed by atoms with E-state index in [9.17, 15) is 23.4 Å². The zero-order valence-electron chi connectivity index (χ0n) is 12.0. The normalized spacial score (nSPS) is 14.3. The molecule has 3 rings (SSSR count). The van der Waals surface area contributed by atoms with Crippen molar-refractivity contribution >= 4 is 0 Å². The van der Waals surface area contributed by atoms with E-state index in [0.29, 0.717) is 24.0 Å². The first-order chi connectivity index (χ1) is 10.8. The van der Waals surface area contributed by atoms with Crippen LogP contribution >= 0.6 is 0 Å². The van der Waals surface area contributed by atoms with Gasteiger partial charge in [-0.05, 0) is 43.9 Å². The number of hydrogen-bond donors (Lipinski definition) is 2. The van der Waals surface area contributed by atoms with E-state index in [0.717, 1.165) is 29.5 Å². The van der Waals surface area contributed by atoms with Crippen LogP contribution in [-0.4, -0.2) is 14.8 Å². The molecule has 4 nitrogen and oxygen atoms in total. The van der Waals surface area contributed by atoms with Gasteiger partial charge in [0, 0.05) is 11.1 Å². The lowest BCUT2D eigenvalue weighted by Gasteiger charge is -2.13. The minimum atomic E-state index is -4.70. The summed E-state index contributed by atoms with van der Waals surface area (Å²) in [6.07, 6.45) is -1.84. The van der Waals surface area contributed by atoms with Crippen LogP contribution in [0.1, 0.15) is 35.1 Å². The van der Waals surface area contributed by atoms with E-state index >= 15 is 0 Å². The molecule has 1 aromatic carbocycles. The van der Waals surface area contributed by atoms with Crippen LogP contribution in [0.4, 0.5) is 13.2 Å². The highest BCUT2D eigenvalue weighted by atomic mass is 19.4. The molecule has 1 aliphatic rings. The van der Waals surface area contributed by atoms with Crippen LogP contribution in [0.5, 0.6) is 11.8 Å². The Bertz CT molecular complexity index is 787. The fraction of sp³-hybridized carbons (Fsp3) is 0.312. The quantitative estimate of drug-likeness (QED) is 0.842. The first kappa shape index (κ1) is 15.3. The Morgan fingerprint density at radius 3 is 2.09 bits per heavy atom. The summed E-state index contributed by atoms with van der Waals surface area (Å²) < 4.78 is 40.2. The Morgan fingerprint density at radius 1 is 1.04 bits per heavy atom. The number of aromatic hydroxyl groups is 2. The smallest absolute Gasteiger partial charge is 0.417 e. The average molecular weight is 322 g/mol. The number of rotatable bonds is 1. The highest BCUT2D eigenvalue weighted by molar-refractivity contribution is 5.56. The van der Waals surface area contributed by atoms with E-state index < -0.39 is 17.3 Å². The molecule has 0 saturated carbocycles. The fourth-order valence-electron chi connectivity index (χ4n) is 3.02. The van der Waals surface area contributed by atoms with Gasteiger partial charge in [-0.25, -0.2) is 0 Å². The third kappa shape index (κ3) is 2.40. The van der Waals surface area contributed by atoms with Crippen molar-refractivity contribution in [3.8, 4) is 23.5 Å². The molecule has 0 amide bonds. The largest absolute Gasteiger partial charge is 0.494 e. The van der Waals surface area contributed by atoms with Crippen LogP contribution in [0.15, 0.2) is 18.2 Å². The summed E-state index contributed by atoms with van der Waals surface area (Å²) in [7, 11) is 0. The summed E-state index contributed by atoms with van der Waals surface area (Å²) in [5, 5.41) is 29.4. The summed E-state index contributed by atoms with van der Waals surface area (Å²) in [6.45, 7) is 0. The van der Waals surface area contributed by atoms with Gasteiger partial charge in [0.05, 0.1) is 22.9 Å². The molecule has 1 aliphatic carbocycles. The summed E-state index contributed by atoms with van der Waals surface area (Å²) in [5.41, 5.74) is -0.473. The minimum Gasteiger partial charge on any atom is -0.494 e. The van der Waals surface area contributed by atoms with Crippen molar-refractivity contribution in [3.63, 3.8) is 0 Å². The number of fused-ring (bicyclic) bond motifs is 1. The highest BCUT2D eigenvalue weighted by Gasteiger charge is 2.34. The van der Waals surface area contributed by atoms with E-state index in [1.807, 2.05) is 0 Å². The molecule has 0 radical (unpaired) electrons. The first-order valence-electron chi connectivity index (χ1n) is 7.10. The van der Waals surface area contributed by atoms with Crippen LogP contribution in [0.25, 0.3) is 5.69 Å². The van der Waals surface area contributed by atoms with Gasteiger partial charge in [0.2, 0.25) is 11.8 Å². The second-order valence-electron chi connectivity index (χ2n) is 5.49. The third-order valence-electron chi connectivity index (χ3n) is 4.12. The van der Waals surface area contributed by atoms with E-state index in [4.69, 9.17) is 5.26 Å². The number of halogens is 3. The van der Waals surface area contributed by atoms with Crippen LogP contribution in [0, 0.1) is 11.3 Å². The molecule has 0 bridgehead atoms. The zero-order chi connectivity index (χ0) is 16.8. The molecule has 2 aromatic rings. The Hall–Kier alpha value is -2.62. The number of alkyl halides is 3. The van der Waals surface area contributed by atoms with Crippen LogP contribution in [0.3, 0.4) is 0 Å². The van der Waals surface area contributed by atoms with Crippen molar-refractivity contribution in [1.29, 1.82) is 5.26 Å². The minimum absolute atomic E-state index is 0.0271. The molecule has 0 atom stereocenters. The van der Waals surface area contributed by atoms with Gasteiger partial charge < -0.3 is 10.2 Å². The fourth-order valence-corrected chi connectivity index (χ4v) is 3.02. The number of nitrogens with zero attached hydrogens (tertiary/aromatic N) is 2. The van der Waals surface area contributed by atoms with Gasteiger partial charge in [-0.2, -0.15) is 18.4 Å². The first-order valence-corrected chi connectivity index (χ1v) is 7.10. The summed E-state index contributed by atoms with van der Waals surface area (Å²) in [6, 6.07) is 4.59. The number of hydrogen-bond acceptors (Lipinski definition) is 3. The van der Waals surface area contributed by atoms with E-state index in [2.05, 4.69) is 0 Å². The summed E-state index contributed by atoms with van der Waals surface area (Å²) in [4.78, 5) is 0. The Kier molecular flexibility index (Phi) is 3.48. The van der Waals surface area contributed by atoms with Crippen molar-refractivity contribution in [2.24, 2.45) is 0 Å². The molecular formula is C16H13F3N2O2. The molecule has 1 heterocycles. The number of aromatic nitrogens is 1. The molecule has 0 aliphatic heterocycles. The molecule has 1 aromatic heterocycles. The predicted octanol–water partition coefficient (Wildman–Crippen LogP) is 3.66. The monoisotopic (exact) mass is 322 g/mol. The Balaban J connectivity index is 2.21. The lowest BCUT2D eigenvalue weighted by atomic mass is 9.95. The lowest BCUT2D eigenvalue weighted by Crippen LogP contribution is -2.09. The molecule has 2 N–H and O–H groups in total. The van der Waals surface area contributed by atoms with Gasteiger partial charge in [0.15, 0.2) is 0 Å². The van der Waals surface area contributed by atoms with Crippen molar-refractivity contribution < 1.29 is 23.4 Å². The van der Waals surface area contributed by atoms with Gasteiger partial charge in [0.25, 0.3) is 0 Å². The average Bonchev–Trinajstić information content (AvgIpc) is 2.78. The zero-order valence-corrected chi connectivity index (χ0v) is 12.0. The van der Waals surface area contributed by atoms with Crippen LogP contribution in [0.2, 0.25) is 0 Å². The second kappa shape index (κ2) is 5.23. The van der Waals surface area contributed by atoms with Gasteiger partial charge in [0.1, 0.15) is 0 Å². The number of benzene rings is 1. The van der Waals surface area contributed by atoms with Crippen LogP contribution in [-0.2, 0) is 19.0 Å². The predicted molar refractivity (Wildman–Crippen MR) is 75.5 cm³/mol. The van der Waals surface area contributed by atoms with Gasteiger partial charge in [-0.3, -0.25) is 4.57 Å². The van der Waals surface area contributed by atoms with Crippen molar-refractivity contribution in [2.75, 3.05) is 0 Å². The standard InChI is InChI=1S/C16H13F3N2O2/c17-16(18,19)13-7-10(6-5-9(13)8-20)21-14(22)11-3-1-2-4-12(11)15(21)23/h5-7,22-23H,1-4H2. The summed E-state index contributed by atoms with van der Waals surface area (Å²) in [5.74, 6) is -0.481. The topological polar surface area (TPSA) is 69.2 Å². The van der Waals surface area contributed by atoms with E-state index in [1.165, 1.54) is 12.1 Å². The maximum absolute atomic E-state index is 13.1. The molecule has 0 fully saturated rings. The molecule has 0 spiro atoms. The number of nitriles is 1. The SMILES string of the molecule is N#Cc1ccc(-n2c(O)c3c(c2O)CCCC3)cc1C(F)(F)F. The summed E-state index contributed by atoms with van der Waals surface area (Å²) >= 11 is 0. The van der Waals surface area contributed by atoms with Gasteiger partial charge >= 0.3 is 6.18 Å². The maximum atomic E-state index is 13.1. The molecule has 7 heteroatoms. The van der Waals surface area contributed by atoms with Crippen molar-refractivity contribution in [2.45, 2.75) is 31.9 Å². The molecule has 0 saturated heterocycles. The molecule has 120 valence electrons. The second-order valence-corrected chi connectivity index (χ2v) is 5.49. The highest BCUT2D eigenvalue weighted by Crippen LogP contribution is 2.42.